The Bertz CT molecular complexity index is 1400. The molecule has 3 N–H and O–H groups in total. The highest BCUT2D eigenvalue weighted by molar-refractivity contribution is 6.07. The van der Waals surface area contributed by atoms with Gasteiger partial charge in [-0.05, 0) is 39.1 Å². The van der Waals surface area contributed by atoms with E-state index in [1.807, 2.05) is 25.8 Å². The van der Waals surface area contributed by atoms with Crippen LogP contribution in [0.1, 0.15) is 29.8 Å². The Morgan fingerprint density at radius 2 is 1.84 bits per heavy atom. The number of amides is 1. The topological polar surface area (TPSA) is 106 Å². The molecule has 1 aromatic carbocycles. The fourth-order valence-electron chi connectivity index (χ4n) is 4.43. The third-order valence-electron chi connectivity index (χ3n) is 6.66. The normalized spacial score (nSPS) is 18.4. The first kappa shape index (κ1) is 27.0. The highest BCUT2D eigenvalue weighted by Crippen LogP contribution is 2.37. The molecule has 2 aromatic heterocycles. The van der Waals surface area contributed by atoms with E-state index in [1.165, 1.54) is 24.4 Å². The van der Waals surface area contributed by atoms with Gasteiger partial charge >= 0.3 is 6.18 Å². The molecule has 4 rings (SSSR count). The van der Waals surface area contributed by atoms with Crippen LogP contribution in [0.5, 0.6) is 0 Å². The maximum atomic E-state index is 15.5. The number of pyridine rings is 1. The van der Waals surface area contributed by atoms with Gasteiger partial charge in [0, 0.05) is 56.2 Å². The Morgan fingerprint density at radius 1 is 1.16 bits per heavy atom. The van der Waals surface area contributed by atoms with Crippen molar-refractivity contribution in [2.75, 3.05) is 42.7 Å². The zero-order valence-electron chi connectivity index (χ0n) is 21.2. The Morgan fingerprint density at radius 3 is 2.47 bits per heavy atom. The van der Waals surface area contributed by atoms with E-state index in [2.05, 4.69) is 30.5 Å². The zero-order valence-corrected chi connectivity index (χ0v) is 21.2. The number of likely N-dealkylation sites (N-methyl/N-ethyl adjacent to an activating group) is 1. The second kappa shape index (κ2) is 10.4. The van der Waals surface area contributed by atoms with E-state index in [1.54, 1.807) is 7.05 Å². The van der Waals surface area contributed by atoms with Gasteiger partial charge in [-0.3, -0.25) is 14.5 Å². The molecule has 1 aliphatic rings. The molecule has 0 spiro atoms. The summed E-state index contributed by atoms with van der Waals surface area (Å²) in [7, 11) is 3.57. The molecule has 9 nitrogen and oxygen atoms in total. The van der Waals surface area contributed by atoms with Crippen molar-refractivity contribution < 1.29 is 22.4 Å². The molecule has 202 valence electrons. The lowest BCUT2D eigenvalue weighted by atomic mass is 10.0. The lowest BCUT2D eigenvalue weighted by Gasteiger charge is -2.44. The fourth-order valence-corrected chi connectivity index (χ4v) is 4.43. The Balaban J connectivity index is 1.83. The second-order valence-corrected chi connectivity index (χ2v) is 9.21. The van der Waals surface area contributed by atoms with E-state index in [0.717, 1.165) is 0 Å². The summed E-state index contributed by atoms with van der Waals surface area (Å²) in [4.78, 5) is 39.1. The lowest BCUT2D eigenvalue weighted by Crippen LogP contribution is -2.55. The number of carbonyl (C=O) groups is 1. The molecule has 38 heavy (non-hydrogen) atoms. The van der Waals surface area contributed by atoms with Gasteiger partial charge in [-0.25, -0.2) is 14.4 Å². The van der Waals surface area contributed by atoms with Crippen LogP contribution in [0.2, 0.25) is 0 Å². The number of hydrogen-bond donors (Lipinski definition) is 3. The average molecular weight is 534 g/mol. The SMILES string of the molecule is CNc1nccc(-c2cc(NC(=O)c3c[nH]c(=O)cc3C(F)(F)F)c(N3CC(C)N(C)C(C)C3)cc2F)n1. The van der Waals surface area contributed by atoms with E-state index >= 15 is 4.39 Å². The first-order chi connectivity index (χ1) is 17.9. The van der Waals surface area contributed by atoms with Gasteiger partial charge in [0.2, 0.25) is 11.5 Å². The van der Waals surface area contributed by atoms with Gasteiger partial charge in [0.05, 0.1) is 28.2 Å². The van der Waals surface area contributed by atoms with Gasteiger partial charge < -0.3 is 20.5 Å². The second-order valence-electron chi connectivity index (χ2n) is 9.21. The number of H-pyrrole nitrogens is 1. The van der Waals surface area contributed by atoms with Crippen molar-refractivity contribution in [3.8, 4) is 11.3 Å². The molecule has 0 aliphatic carbocycles. The van der Waals surface area contributed by atoms with Crippen LogP contribution in [0.3, 0.4) is 0 Å². The summed E-state index contributed by atoms with van der Waals surface area (Å²) in [5.41, 5.74) is -2.50. The van der Waals surface area contributed by atoms with E-state index < -0.39 is 34.6 Å². The summed E-state index contributed by atoms with van der Waals surface area (Å²) in [6, 6.07) is 4.57. The van der Waals surface area contributed by atoms with Crippen molar-refractivity contribution in [2.45, 2.75) is 32.1 Å². The molecule has 2 unspecified atom stereocenters. The number of carbonyl (C=O) groups excluding carboxylic acids is 1. The van der Waals surface area contributed by atoms with Crippen molar-refractivity contribution in [3.05, 3.63) is 64.0 Å². The number of halogens is 4. The largest absolute Gasteiger partial charge is 0.417 e. The van der Waals surface area contributed by atoms with Crippen LogP contribution in [-0.4, -0.2) is 65.0 Å². The van der Waals surface area contributed by atoms with Gasteiger partial charge in [0.25, 0.3) is 5.91 Å². The maximum Gasteiger partial charge on any atom is 0.417 e. The van der Waals surface area contributed by atoms with Crippen LogP contribution >= 0.6 is 0 Å². The summed E-state index contributed by atoms with van der Waals surface area (Å²) >= 11 is 0. The van der Waals surface area contributed by atoms with Gasteiger partial charge in [-0.2, -0.15) is 13.2 Å². The molecule has 3 heterocycles. The zero-order chi connectivity index (χ0) is 27.8. The predicted molar refractivity (Wildman–Crippen MR) is 136 cm³/mol. The van der Waals surface area contributed by atoms with Crippen LogP contribution in [0.25, 0.3) is 11.3 Å². The van der Waals surface area contributed by atoms with Crippen molar-refractivity contribution in [2.24, 2.45) is 0 Å². The number of anilines is 3. The molecule has 0 saturated carbocycles. The summed E-state index contributed by atoms with van der Waals surface area (Å²) in [5.74, 6) is -1.50. The number of alkyl halides is 3. The molecule has 13 heteroatoms. The van der Waals surface area contributed by atoms with Gasteiger partial charge in [-0.1, -0.05) is 0 Å². The van der Waals surface area contributed by atoms with Crippen molar-refractivity contribution in [3.63, 3.8) is 0 Å². The standard InChI is InChI=1S/C25H27F4N7O2/c1-13-11-36(12-14(2)35(13)4)21-9-18(26)15(19-5-6-31-24(30-3)34-19)7-20(21)33-23(38)16-10-32-22(37)8-17(16)25(27,28)29/h5-10,13-14H,11-12H2,1-4H3,(H,32,37)(H,33,38)(H,30,31,34). The number of piperazine rings is 1. The Labute approximate surface area is 215 Å². The van der Waals surface area contributed by atoms with E-state index in [4.69, 9.17) is 0 Å². The van der Waals surface area contributed by atoms with Crippen LogP contribution in [0, 0.1) is 5.82 Å². The average Bonchev–Trinajstić information content (AvgIpc) is 2.87. The summed E-state index contributed by atoms with van der Waals surface area (Å²) < 4.78 is 56.3. The third-order valence-corrected chi connectivity index (χ3v) is 6.66. The molecule has 3 aromatic rings. The first-order valence-electron chi connectivity index (χ1n) is 11.8. The summed E-state index contributed by atoms with van der Waals surface area (Å²) in [6.45, 7) is 4.99. The quantitative estimate of drug-likeness (QED) is 0.429. The number of benzene rings is 1. The molecule has 0 radical (unpaired) electrons. The monoisotopic (exact) mass is 533 g/mol. The van der Waals surface area contributed by atoms with Gasteiger partial charge in [-0.15, -0.1) is 0 Å². The van der Waals surface area contributed by atoms with Crippen molar-refractivity contribution in [1.29, 1.82) is 0 Å². The Hall–Kier alpha value is -4.00. The number of aromatic amines is 1. The van der Waals surface area contributed by atoms with Crippen LogP contribution in [0.4, 0.5) is 34.9 Å². The van der Waals surface area contributed by atoms with E-state index in [9.17, 15) is 22.8 Å². The number of nitrogens with zero attached hydrogens (tertiary/aromatic N) is 4. The molecule has 1 amide bonds. The number of aromatic nitrogens is 3. The summed E-state index contributed by atoms with van der Waals surface area (Å²) in [5, 5.41) is 5.28. The maximum absolute atomic E-state index is 15.5. The van der Waals surface area contributed by atoms with E-state index in [-0.39, 0.29) is 35.0 Å². The minimum atomic E-state index is -4.94. The molecular formula is C25H27F4N7O2. The summed E-state index contributed by atoms with van der Waals surface area (Å²) in [6.07, 6.45) is -2.79. The van der Waals surface area contributed by atoms with Crippen LogP contribution in [0.15, 0.2) is 41.5 Å². The fraction of sp³-hybridized carbons (Fsp3) is 0.360. The first-order valence-corrected chi connectivity index (χ1v) is 11.8. The minimum Gasteiger partial charge on any atom is -0.367 e. The Kier molecular flexibility index (Phi) is 7.40. The molecule has 2 atom stereocenters. The molecular weight excluding hydrogens is 506 g/mol. The number of nitrogens with one attached hydrogen (secondary N) is 3. The number of hydrogen-bond acceptors (Lipinski definition) is 7. The minimum absolute atomic E-state index is 0.0238. The number of rotatable bonds is 5. The van der Waals surface area contributed by atoms with Gasteiger partial charge in [0.15, 0.2) is 0 Å². The smallest absolute Gasteiger partial charge is 0.367 e. The predicted octanol–water partition coefficient (Wildman–Crippen LogP) is 3.81. The van der Waals surface area contributed by atoms with Crippen LogP contribution < -0.4 is 21.1 Å². The third kappa shape index (κ3) is 5.47. The lowest BCUT2D eigenvalue weighted by molar-refractivity contribution is -0.138. The molecule has 1 fully saturated rings. The molecule has 1 aliphatic heterocycles. The van der Waals surface area contributed by atoms with Gasteiger partial charge in [0.1, 0.15) is 5.82 Å². The highest BCUT2D eigenvalue weighted by Gasteiger charge is 2.36. The molecule has 0 bridgehead atoms. The molecule has 1 saturated heterocycles. The van der Waals surface area contributed by atoms with Crippen molar-refractivity contribution >= 4 is 23.2 Å². The highest BCUT2D eigenvalue weighted by atomic mass is 19.4. The van der Waals surface area contributed by atoms with E-state index in [0.29, 0.717) is 31.0 Å². The van der Waals surface area contributed by atoms with Crippen LogP contribution in [-0.2, 0) is 6.18 Å². The van der Waals surface area contributed by atoms with Crippen molar-refractivity contribution in [1.82, 2.24) is 19.9 Å².